The summed E-state index contributed by atoms with van der Waals surface area (Å²) in [6.45, 7) is 3.30. The van der Waals surface area contributed by atoms with Crippen LogP contribution in [-0.4, -0.2) is 61.8 Å². The highest BCUT2D eigenvalue weighted by molar-refractivity contribution is 5.93. The molecule has 28 heavy (non-hydrogen) atoms. The van der Waals surface area contributed by atoms with Crippen LogP contribution in [0.2, 0.25) is 0 Å². The van der Waals surface area contributed by atoms with E-state index in [-0.39, 0.29) is 12.0 Å². The molecule has 0 bridgehead atoms. The third kappa shape index (κ3) is 3.63. The van der Waals surface area contributed by atoms with Gasteiger partial charge in [-0.3, -0.25) is 14.8 Å². The highest BCUT2D eigenvalue weighted by Gasteiger charge is 2.26. The number of carbonyl (C=O) groups is 1. The number of ether oxygens (including phenoxy) is 1. The van der Waals surface area contributed by atoms with Gasteiger partial charge in [-0.1, -0.05) is 6.07 Å². The molecule has 0 unspecified atom stereocenters. The molecular formula is C20H22N6O2. The van der Waals surface area contributed by atoms with Gasteiger partial charge in [0.15, 0.2) is 11.5 Å². The van der Waals surface area contributed by atoms with E-state index in [9.17, 15) is 4.79 Å². The molecule has 0 atom stereocenters. The van der Waals surface area contributed by atoms with E-state index in [4.69, 9.17) is 4.74 Å². The molecule has 0 saturated carbocycles. The number of aryl methyl sites for hydroxylation is 1. The van der Waals surface area contributed by atoms with Crippen LogP contribution in [0, 0.1) is 6.92 Å². The van der Waals surface area contributed by atoms with Crippen molar-refractivity contribution in [1.82, 2.24) is 29.6 Å². The maximum Gasteiger partial charge on any atom is 0.274 e. The lowest BCUT2D eigenvalue weighted by atomic mass is 10.1. The Kier molecular flexibility index (Phi) is 5.12. The van der Waals surface area contributed by atoms with Crippen LogP contribution in [0.4, 0.5) is 0 Å². The van der Waals surface area contributed by atoms with Crippen molar-refractivity contribution in [3.05, 3.63) is 54.2 Å². The highest BCUT2D eigenvalue weighted by atomic mass is 16.5. The molecule has 0 N–H and O–H groups in total. The number of hydrogen-bond acceptors (Lipinski definition) is 6. The first-order valence-corrected chi connectivity index (χ1v) is 9.27. The zero-order valence-electron chi connectivity index (χ0n) is 15.9. The molecule has 0 radical (unpaired) electrons. The van der Waals surface area contributed by atoms with Crippen LogP contribution < -0.4 is 0 Å². The number of amides is 1. The largest absolute Gasteiger partial charge is 0.381 e. The van der Waals surface area contributed by atoms with Crippen LogP contribution in [-0.2, 0) is 4.74 Å². The lowest BCUT2D eigenvalue weighted by Gasteiger charge is -2.30. The zero-order chi connectivity index (χ0) is 19.5. The molecule has 3 aromatic rings. The second-order valence-corrected chi connectivity index (χ2v) is 6.84. The molecule has 1 saturated heterocycles. The number of aromatic nitrogens is 5. The van der Waals surface area contributed by atoms with Crippen LogP contribution in [0.1, 0.15) is 28.9 Å². The summed E-state index contributed by atoms with van der Waals surface area (Å²) in [5.74, 6) is 0.447. The minimum atomic E-state index is -0.0921. The van der Waals surface area contributed by atoms with E-state index in [2.05, 4.69) is 20.1 Å². The monoisotopic (exact) mass is 378 g/mol. The fraction of sp³-hybridized carbons (Fsp3) is 0.350. The van der Waals surface area contributed by atoms with Crippen molar-refractivity contribution in [2.75, 3.05) is 20.2 Å². The fourth-order valence-electron chi connectivity index (χ4n) is 3.32. The number of pyridine rings is 1. The molecule has 4 rings (SSSR count). The molecule has 144 valence electrons. The molecule has 1 amide bonds. The van der Waals surface area contributed by atoms with Crippen LogP contribution in [0.3, 0.4) is 0 Å². The van der Waals surface area contributed by atoms with E-state index in [1.54, 1.807) is 42.6 Å². The average Bonchev–Trinajstić information content (AvgIpc) is 3.20. The van der Waals surface area contributed by atoms with Crippen molar-refractivity contribution in [3.8, 4) is 17.2 Å². The minimum Gasteiger partial charge on any atom is -0.381 e. The van der Waals surface area contributed by atoms with Crippen molar-refractivity contribution < 1.29 is 9.53 Å². The Morgan fingerprint density at radius 1 is 1.14 bits per heavy atom. The average molecular weight is 378 g/mol. The first kappa shape index (κ1) is 18.2. The van der Waals surface area contributed by atoms with Gasteiger partial charge in [-0.05, 0) is 37.5 Å². The second kappa shape index (κ2) is 7.85. The molecule has 1 fully saturated rings. The lowest BCUT2D eigenvalue weighted by molar-refractivity contribution is 0.0347. The number of hydrogen-bond donors (Lipinski definition) is 0. The van der Waals surface area contributed by atoms with Gasteiger partial charge in [0.05, 0.1) is 23.7 Å². The van der Waals surface area contributed by atoms with Gasteiger partial charge in [-0.15, -0.1) is 0 Å². The second-order valence-electron chi connectivity index (χ2n) is 6.84. The Bertz CT molecular complexity index is 947. The molecule has 3 aromatic heterocycles. The topological polar surface area (TPSA) is 86.0 Å². The Balaban J connectivity index is 1.69. The van der Waals surface area contributed by atoms with Gasteiger partial charge < -0.3 is 9.64 Å². The maximum atomic E-state index is 13.0. The maximum absolute atomic E-state index is 13.0. The SMILES string of the molecule is COC1CCN(C(=O)c2cc(-c3ccc(C)cn3)n(-c3cnccn3)n2)CC1. The number of likely N-dealkylation sites (tertiary alicyclic amines) is 1. The van der Waals surface area contributed by atoms with Crippen LogP contribution in [0.25, 0.3) is 17.2 Å². The first-order valence-electron chi connectivity index (χ1n) is 9.27. The first-order chi connectivity index (χ1) is 13.7. The van der Waals surface area contributed by atoms with Crippen molar-refractivity contribution >= 4 is 5.91 Å². The molecule has 1 aliphatic heterocycles. The molecule has 0 aliphatic carbocycles. The zero-order valence-corrected chi connectivity index (χ0v) is 15.9. The quantitative estimate of drug-likeness (QED) is 0.692. The summed E-state index contributed by atoms with van der Waals surface area (Å²) >= 11 is 0. The molecule has 8 heteroatoms. The standard InChI is InChI=1S/C20H22N6O2/c1-14-3-4-16(23-12-14)18-11-17(24-26(18)19-13-21-7-8-22-19)20(27)25-9-5-15(28-2)6-10-25/h3-4,7-8,11-13,15H,5-6,9-10H2,1-2H3. The van der Waals surface area contributed by atoms with Crippen molar-refractivity contribution in [2.45, 2.75) is 25.9 Å². The molecular weight excluding hydrogens is 356 g/mol. The molecule has 4 heterocycles. The molecule has 1 aliphatic rings. The van der Waals surface area contributed by atoms with E-state index in [1.807, 2.05) is 24.0 Å². The number of piperidine rings is 1. The van der Waals surface area contributed by atoms with E-state index in [0.717, 1.165) is 24.1 Å². The Morgan fingerprint density at radius 2 is 1.96 bits per heavy atom. The van der Waals surface area contributed by atoms with Gasteiger partial charge in [-0.25, -0.2) is 9.67 Å². The van der Waals surface area contributed by atoms with Crippen LogP contribution >= 0.6 is 0 Å². The van der Waals surface area contributed by atoms with Crippen LogP contribution in [0.15, 0.2) is 43.0 Å². The van der Waals surface area contributed by atoms with Crippen molar-refractivity contribution in [3.63, 3.8) is 0 Å². The van der Waals surface area contributed by atoms with Gasteiger partial charge in [-0.2, -0.15) is 5.10 Å². The van der Waals surface area contributed by atoms with Crippen LogP contribution in [0.5, 0.6) is 0 Å². The molecule has 0 spiro atoms. The van der Waals surface area contributed by atoms with Gasteiger partial charge in [0, 0.05) is 38.8 Å². The minimum absolute atomic E-state index is 0.0921. The summed E-state index contributed by atoms with van der Waals surface area (Å²) in [5, 5.41) is 4.55. The number of carbonyl (C=O) groups excluding carboxylic acids is 1. The molecule has 0 aromatic carbocycles. The Labute approximate surface area is 163 Å². The van der Waals surface area contributed by atoms with Gasteiger partial charge >= 0.3 is 0 Å². The predicted octanol–water partition coefficient (Wildman–Crippen LogP) is 2.28. The third-order valence-electron chi connectivity index (χ3n) is 4.93. The van der Waals surface area contributed by atoms with Gasteiger partial charge in [0.25, 0.3) is 5.91 Å². The third-order valence-corrected chi connectivity index (χ3v) is 4.93. The Morgan fingerprint density at radius 3 is 2.61 bits per heavy atom. The summed E-state index contributed by atoms with van der Waals surface area (Å²) < 4.78 is 7.02. The number of rotatable bonds is 4. The van der Waals surface area contributed by atoms with Gasteiger partial charge in [0.2, 0.25) is 0 Å². The number of nitrogens with zero attached hydrogens (tertiary/aromatic N) is 6. The fourth-order valence-corrected chi connectivity index (χ4v) is 3.32. The lowest BCUT2D eigenvalue weighted by Crippen LogP contribution is -2.40. The summed E-state index contributed by atoms with van der Waals surface area (Å²) in [5.41, 5.74) is 2.86. The number of methoxy groups -OCH3 is 1. The van der Waals surface area contributed by atoms with E-state index < -0.39 is 0 Å². The van der Waals surface area contributed by atoms with Crippen molar-refractivity contribution in [1.29, 1.82) is 0 Å². The van der Waals surface area contributed by atoms with E-state index >= 15 is 0 Å². The normalized spacial score (nSPS) is 15.0. The summed E-state index contributed by atoms with van der Waals surface area (Å²) in [6.07, 6.45) is 8.49. The van der Waals surface area contributed by atoms with E-state index in [0.29, 0.717) is 30.3 Å². The highest BCUT2D eigenvalue weighted by Crippen LogP contribution is 2.23. The van der Waals surface area contributed by atoms with E-state index in [1.165, 1.54) is 0 Å². The molecule has 8 nitrogen and oxygen atoms in total. The Hall–Kier alpha value is -3.13. The summed E-state index contributed by atoms with van der Waals surface area (Å²) in [6, 6.07) is 5.67. The summed E-state index contributed by atoms with van der Waals surface area (Å²) in [4.78, 5) is 27.8. The smallest absolute Gasteiger partial charge is 0.274 e. The summed E-state index contributed by atoms with van der Waals surface area (Å²) in [7, 11) is 1.71. The van der Waals surface area contributed by atoms with Crippen molar-refractivity contribution in [2.24, 2.45) is 0 Å². The van der Waals surface area contributed by atoms with Gasteiger partial charge in [0.1, 0.15) is 0 Å². The predicted molar refractivity (Wildman–Crippen MR) is 103 cm³/mol.